The van der Waals surface area contributed by atoms with Crippen molar-refractivity contribution in [3.8, 4) is 11.1 Å². The second kappa shape index (κ2) is 13.3. The van der Waals surface area contributed by atoms with Crippen molar-refractivity contribution in [2.75, 3.05) is 0 Å². The molecule has 1 aliphatic heterocycles. The van der Waals surface area contributed by atoms with Crippen LogP contribution in [0.15, 0.2) is 189 Å². The van der Waals surface area contributed by atoms with E-state index in [4.69, 9.17) is 18.2 Å². The van der Waals surface area contributed by atoms with E-state index >= 15 is 0 Å². The number of hydrogen-bond donors (Lipinski definition) is 1. The van der Waals surface area contributed by atoms with Crippen molar-refractivity contribution in [2.45, 2.75) is 6.17 Å². The molecule has 11 rings (SSSR count). The number of allylic oxidation sites excluding steroid dienone is 1. The highest BCUT2D eigenvalue weighted by Gasteiger charge is 2.21. The molecule has 0 saturated heterocycles. The maximum atomic E-state index is 6.32. The van der Waals surface area contributed by atoms with E-state index in [1.165, 1.54) is 0 Å². The first-order chi connectivity index (χ1) is 28.1. The van der Waals surface area contributed by atoms with Gasteiger partial charge in [-0.05, 0) is 101 Å². The van der Waals surface area contributed by atoms with Crippen LogP contribution in [0.4, 0.5) is 0 Å². The van der Waals surface area contributed by atoms with Crippen molar-refractivity contribution in [2.24, 2.45) is 4.99 Å². The van der Waals surface area contributed by atoms with Gasteiger partial charge in [0.15, 0.2) is 0 Å². The van der Waals surface area contributed by atoms with Crippen LogP contribution in [-0.2, 0) is 0 Å². The molecule has 1 atom stereocenters. The van der Waals surface area contributed by atoms with Crippen LogP contribution in [0.2, 0.25) is 0 Å². The summed E-state index contributed by atoms with van der Waals surface area (Å²) in [5, 5.41) is 9.19. The number of nitrogens with one attached hydrogen (secondary N) is 1. The van der Waals surface area contributed by atoms with Crippen molar-refractivity contribution >= 4 is 84.5 Å². The van der Waals surface area contributed by atoms with Gasteiger partial charge in [-0.3, -0.25) is 4.99 Å². The molecule has 7 aromatic carbocycles. The fourth-order valence-electron chi connectivity index (χ4n) is 8.10. The van der Waals surface area contributed by atoms with Gasteiger partial charge in [0.05, 0.1) is 5.71 Å². The van der Waals surface area contributed by atoms with Gasteiger partial charge in [-0.1, -0.05) is 116 Å². The van der Waals surface area contributed by atoms with E-state index in [-0.39, 0.29) is 6.17 Å². The van der Waals surface area contributed by atoms with E-state index in [0.29, 0.717) is 0 Å². The van der Waals surface area contributed by atoms with Crippen LogP contribution in [0.1, 0.15) is 39.7 Å². The molecule has 4 heterocycles. The Labute approximate surface area is 328 Å². The molecule has 5 nitrogen and oxygen atoms in total. The van der Waals surface area contributed by atoms with Crippen LogP contribution in [0.3, 0.4) is 0 Å². The van der Waals surface area contributed by atoms with Gasteiger partial charge in [0, 0.05) is 43.8 Å². The number of para-hydroxylation sites is 3. The van der Waals surface area contributed by atoms with Gasteiger partial charge in [0.1, 0.15) is 39.8 Å². The third kappa shape index (κ3) is 5.76. The van der Waals surface area contributed by atoms with E-state index in [0.717, 1.165) is 111 Å². The van der Waals surface area contributed by atoms with E-state index in [1.54, 1.807) is 0 Å². The van der Waals surface area contributed by atoms with Crippen LogP contribution >= 0.6 is 0 Å². The van der Waals surface area contributed by atoms with Crippen molar-refractivity contribution in [3.05, 3.63) is 204 Å². The average Bonchev–Trinajstić information content (AvgIpc) is 3.96. The predicted molar refractivity (Wildman–Crippen MR) is 235 cm³/mol. The summed E-state index contributed by atoms with van der Waals surface area (Å²) in [5.41, 5.74) is 13.3. The molecule has 1 N–H and O–H groups in total. The molecule has 0 amide bonds. The van der Waals surface area contributed by atoms with Crippen molar-refractivity contribution < 1.29 is 13.3 Å². The number of rotatable bonds is 7. The van der Waals surface area contributed by atoms with Crippen LogP contribution in [0, 0.1) is 0 Å². The number of furan rings is 3. The van der Waals surface area contributed by atoms with Gasteiger partial charge < -0.3 is 18.6 Å². The van der Waals surface area contributed by atoms with E-state index in [9.17, 15) is 0 Å². The maximum Gasteiger partial charge on any atom is 0.145 e. The predicted octanol–water partition coefficient (Wildman–Crippen LogP) is 13.8. The fraction of sp³-hybridized carbons (Fsp3) is 0.0192. The number of fused-ring (bicyclic) bond motifs is 7. The molecule has 1 aliphatic rings. The Kier molecular flexibility index (Phi) is 7.64. The minimum absolute atomic E-state index is 0.311. The number of aliphatic imine (C=N–C) groups is 1. The molecule has 0 aliphatic carbocycles. The highest BCUT2D eigenvalue weighted by atomic mass is 16.3. The van der Waals surface area contributed by atoms with Crippen LogP contribution in [-0.4, -0.2) is 5.71 Å². The molecule has 0 saturated carbocycles. The summed E-state index contributed by atoms with van der Waals surface area (Å²) in [5.74, 6) is 0.763. The average molecular weight is 735 g/mol. The van der Waals surface area contributed by atoms with E-state index < -0.39 is 0 Å². The molecule has 0 fully saturated rings. The lowest BCUT2D eigenvalue weighted by atomic mass is 9.95. The quantitative estimate of drug-likeness (QED) is 0.177. The molecular weight excluding hydrogens is 701 g/mol. The first-order valence-electron chi connectivity index (χ1n) is 19.1. The summed E-state index contributed by atoms with van der Waals surface area (Å²) in [6, 6.07) is 54.3. The zero-order valence-electron chi connectivity index (χ0n) is 30.8. The fourth-order valence-corrected chi connectivity index (χ4v) is 8.10. The summed E-state index contributed by atoms with van der Waals surface area (Å²) >= 11 is 0. The second-order valence-corrected chi connectivity index (χ2v) is 14.4. The maximum absolute atomic E-state index is 6.32. The molecule has 270 valence electrons. The molecule has 0 bridgehead atoms. The Morgan fingerprint density at radius 1 is 0.491 bits per heavy atom. The summed E-state index contributed by atoms with van der Waals surface area (Å²) in [7, 11) is 0. The molecule has 5 heteroatoms. The van der Waals surface area contributed by atoms with Crippen molar-refractivity contribution in [1.29, 1.82) is 0 Å². The van der Waals surface area contributed by atoms with Crippen LogP contribution in [0.25, 0.3) is 89.9 Å². The highest BCUT2D eigenvalue weighted by molar-refractivity contribution is 6.16. The Hall–Kier alpha value is -7.63. The number of hydrogen-bond acceptors (Lipinski definition) is 5. The largest absolute Gasteiger partial charge is 0.456 e. The molecule has 10 aromatic rings. The van der Waals surface area contributed by atoms with E-state index in [2.05, 4.69) is 127 Å². The lowest BCUT2D eigenvalue weighted by molar-refractivity contribution is 0.604. The Morgan fingerprint density at radius 2 is 1.12 bits per heavy atom. The number of nitrogens with zero attached hydrogens (tertiary/aromatic N) is 1. The molecule has 0 spiro atoms. The first kappa shape index (κ1) is 32.8. The second-order valence-electron chi connectivity index (χ2n) is 14.4. The molecule has 1 unspecified atom stereocenters. The normalized spacial score (nSPS) is 14.5. The lowest BCUT2D eigenvalue weighted by Gasteiger charge is -2.25. The van der Waals surface area contributed by atoms with Crippen LogP contribution < -0.4 is 5.32 Å². The minimum atomic E-state index is -0.311. The van der Waals surface area contributed by atoms with Crippen molar-refractivity contribution in [3.63, 3.8) is 0 Å². The van der Waals surface area contributed by atoms with Crippen molar-refractivity contribution in [1.82, 2.24) is 5.32 Å². The van der Waals surface area contributed by atoms with Gasteiger partial charge in [-0.15, -0.1) is 0 Å². The zero-order chi connectivity index (χ0) is 37.9. The molecule has 57 heavy (non-hydrogen) atoms. The van der Waals surface area contributed by atoms with Gasteiger partial charge >= 0.3 is 0 Å². The standard InChI is InChI=1S/C52H34N2O3/c1-2-38-39-14-6-9-17-46(39)55-49(38)24-20-32-26-36(34-22-25-50-43(29-34)41-16-8-11-19-48(41)56-50)28-37(27-32)45-31-44(53-52(54-45)33-12-4-3-5-13-33)35-21-23-42-40-15-7-10-18-47(40)57-51(42)30-35/h2-31,52,54H,1H2/b24-20-. The topological polar surface area (TPSA) is 63.8 Å². The van der Waals surface area contributed by atoms with Gasteiger partial charge in [0.25, 0.3) is 0 Å². The Morgan fingerprint density at radius 3 is 1.91 bits per heavy atom. The Balaban J connectivity index is 1.07. The lowest BCUT2D eigenvalue weighted by Crippen LogP contribution is -2.24. The van der Waals surface area contributed by atoms with Crippen LogP contribution in [0.5, 0.6) is 0 Å². The van der Waals surface area contributed by atoms with Gasteiger partial charge in [-0.25, -0.2) is 0 Å². The molecule has 0 radical (unpaired) electrons. The third-order valence-corrected chi connectivity index (χ3v) is 10.9. The van der Waals surface area contributed by atoms with Gasteiger partial charge in [0.2, 0.25) is 0 Å². The molecular formula is C52H34N2O3. The first-order valence-corrected chi connectivity index (χ1v) is 19.1. The number of benzene rings is 7. The zero-order valence-corrected chi connectivity index (χ0v) is 30.8. The van der Waals surface area contributed by atoms with Gasteiger partial charge in [-0.2, -0.15) is 0 Å². The Bertz CT molecular complexity index is 3300. The third-order valence-electron chi connectivity index (χ3n) is 10.9. The SMILES string of the molecule is C=Cc1c(/C=C\c2cc(C3=CC(c4ccc5c(c4)oc4ccccc45)=NC(c4ccccc4)N3)cc(-c3ccc4oc5ccccc5c4c3)c2)oc2ccccc12. The van der Waals surface area contributed by atoms with E-state index in [1.807, 2.05) is 66.7 Å². The highest BCUT2D eigenvalue weighted by Crippen LogP contribution is 2.37. The monoisotopic (exact) mass is 734 g/mol. The smallest absolute Gasteiger partial charge is 0.145 e. The summed E-state index contributed by atoms with van der Waals surface area (Å²) in [6.45, 7) is 4.10. The summed E-state index contributed by atoms with van der Waals surface area (Å²) in [6.07, 6.45) is 7.86. The summed E-state index contributed by atoms with van der Waals surface area (Å²) < 4.78 is 18.8. The summed E-state index contributed by atoms with van der Waals surface area (Å²) in [4.78, 5) is 5.28. The minimum Gasteiger partial charge on any atom is -0.456 e. The molecule has 3 aromatic heterocycles.